The van der Waals surface area contributed by atoms with Crippen LogP contribution in [-0.2, 0) is 0 Å². The Morgan fingerprint density at radius 1 is 1.21 bits per heavy atom. The van der Waals surface area contributed by atoms with E-state index < -0.39 is 0 Å². The lowest BCUT2D eigenvalue weighted by Crippen LogP contribution is -2.46. The molecule has 1 heteroatoms. The lowest BCUT2D eigenvalue weighted by molar-refractivity contribution is -0.0983. The molecule has 0 aliphatic heterocycles. The fourth-order valence-corrected chi connectivity index (χ4v) is 3.34. The summed E-state index contributed by atoms with van der Waals surface area (Å²) in [7, 11) is 0. The number of hydrogen-bond donors (Lipinski definition) is 1. The Balaban J connectivity index is 2.75. The smallest absolute Gasteiger partial charge is 0.0703 e. The summed E-state index contributed by atoms with van der Waals surface area (Å²) >= 11 is 0. The third kappa shape index (κ3) is 2.13. The van der Waals surface area contributed by atoms with Crippen LogP contribution in [-0.4, -0.2) is 10.7 Å². The normalized spacial score (nSPS) is 33.6. The molecule has 2 atom stereocenters. The molecular formula is C13H26O. The Kier molecular flexibility index (Phi) is 4.43. The van der Waals surface area contributed by atoms with Gasteiger partial charge in [-0.15, -0.1) is 0 Å². The van der Waals surface area contributed by atoms with Gasteiger partial charge in [0.05, 0.1) is 5.60 Å². The highest BCUT2D eigenvalue weighted by molar-refractivity contribution is 4.93. The quantitative estimate of drug-likeness (QED) is 0.729. The van der Waals surface area contributed by atoms with Crippen LogP contribution < -0.4 is 0 Å². The highest BCUT2D eigenvalue weighted by Gasteiger charge is 2.42. The zero-order valence-electron chi connectivity index (χ0n) is 10.1. The van der Waals surface area contributed by atoms with Crippen LogP contribution in [0, 0.1) is 11.8 Å². The van der Waals surface area contributed by atoms with Crippen molar-refractivity contribution < 1.29 is 5.11 Å². The van der Waals surface area contributed by atoms with Gasteiger partial charge in [-0.3, -0.25) is 0 Å². The van der Waals surface area contributed by atoms with Crippen LogP contribution in [0.25, 0.3) is 0 Å². The van der Waals surface area contributed by atoms with Crippen molar-refractivity contribution in [1.82, 2.24) is 0 Å². The van der Waals surface area contributed by atoms with E-state index in [1.54, 1.807) is 0 Å². The standard InChI is InChI=1S/C13H26O/c1-4-11(5-2)13(14)10-8-7-9-12(13)6-3/h11-12,14H,4-10H2,1-3H3. The van der Waals surface area contributed by atoms with Gasteiger partial charge in [-0.25, -0.2) is 0 Å². The summed E-state index contributed by atoms with van der Waals surface area (Å²) in [5.74, 6) is 1.08. The molecule has 1 aliphatic rings. The van der Waals surface area contributed by atoms with Crippen molar-refractivity contribution in [3.63, 3.8) is 0 Å². The van der Waals surface area contributed by atoms with E-state index in [-0.39, 0.29) is 5.60 Å². The van der Waals surface area contributed by atoms with E-state index in [1.165, 1.54) is 19.3 Å². The molecule has 0 aromatic rings. The van der Waals surface area contributed by atoms with E-state index >= 15 is 0 Å². The van der Waals surface area contributed by atoms with Crippen molar-refractivity contribution in [2.45, 2.75) is 71.3 Å². The lowest BCUT2D eigenvalue weighted by atomic mass is 9.66. The molecule has 2 unspecified atom stereocenters. The Morgan fingerprint density at radius 3 is 2.36 bits per heavy atom. The molecule has 0 bridgehead atoms. The molecule has 1 rings (SSSR count). The van der Waals surface area contributed by atoms with Gasteiger partial charge in [0.2, 0.25) is 0 Å². The summed E-state index contributed by atoms with van der Waals surface area (Å²) in [5.41, 5.74) is -0.337. The molecule has 1 nitrogen and oxygen atoms in total. The van der Waals surface area contributed by atoms with Crippen LogP contribution in [0.15, 0.2) is 0 Å². The molecule has 0 radical (unpaired) electrons. The summed E-state index contributed by atoms with van der Waals surface area (Å²) in [4.78, 5) is 0. The molecule has 84 valence electrons. The van der Waals surface area contributed by atoms with E-state index in [1.807, 2.05) is 0 Å². The van der Waals surface area contributed by atoms with Gasteiger partial charge in [0.1, 0.15) is 0 Å². The zero-order valence-corrected chi connectivity index (χ0v) is 10.1. The van der Waals surface area contributed by atoms with E-state index in [9.17, 15) is 5.11 Å². The van der Waals surface area contributed by atoms with Crippen molar-refractivity contribution in [1.29, 1.82) is 0 Å². The van der Waals surface area contributed by atoms with E-state index in [4.69, 9.17) is 0 Å². The van der Waals surface area contributed by atoms with Crippen molar-refractivity contribution in [3.8, 4) is 0 Å². The first-order valence-corrected chi connectivity index (χ1v) is 6.41. The van der Waals surface area contributed by atoms with E-state index in [2.05, 4.69) is 20.8 Å². The summed E-state index contributed by atoms with van der Waals surface area (Å²) in [6, 6.07) is 0. The lowest BCUT2D eigenvalue weighted by Gasteiger charge is -2.45. The second-order valence-corrected chi connectivity index (χ2v) is 4.86. The minimum atomic E-state index is -0.337. The van der Waals surface area contributed by atoms with Gasteiger partial charge in [0, 0.05) is 0 Å². The predicted octanol–water partition coefficient (Wildman–Crippen LogP) is 3.75. The number of aliphatic hydroxyl groups is 1. The average molecular weight is 198 g/mol. The average Bonchev–Trinajstić information content (AvgIpc) is 2.20. The molecule has 1 N–H and O–H groups in total. The van der Waals surface area contributed by atoms with Crippen LogP contribution in [0.5, 0.6) is 0 Å². The van der Waals surface area contributed by atoms with Crippen LogP contribution in [0.1, 0.15) is 65.7 Å². The Morgan fingerprint density at radius 2 is 1.86 bits per heavy atom. The molecular weight excluding hydrogens is 172 g/mol. The summed E-state index contributed by atoms with van der Waals surface area (Å²) in [5, 5.41) is 10.8. The summed E-state index contributed by atoms with van der Waals surface area (Å²) in [6.07, 6.45) is 8.23. The monoisotopic (exact) mass is 198 g/mol. The predicted molar refractivity (Wildman–Crippen MR) is 61.3 cm³/mol. The molecule has 1 fully saturated rings. The van der Waals surface area contributed by atoms with Crippen molar-refractivity contribution in [3.05, 3.63) is 0 Å². The maximum atomic E-state index is 10.8. The minimum Gasteiger partial charge on any atom is -0.389 e. The largest absolute Gasteiger partial charge is 0.389 e. The van der Waals surface area contributed by atoms with Crippen molar-refractivity contribution >= 4 is 0 Å². The van der Waals surface area contributed by atoms with E-state index in [0.717, 1.165) is 25.7 Å². The molecule has 14 heavy (non-hydrogen) atoms. The van der Waals surface area contributed by atoms with Crippen molar-refractivity contribution in [2.75, 3.05) is 0 Å². The SMILES string of the molecule is CCC(CC)C1(O)CCCCC1CC. The van der Waals surface area contributed by atoms with Gasteiger partial charge in [0.25, 0.3) is 0 Å². The second kappa shape index (κ2) is 5.16. The van der Waals surface area contributed by atoms with Crippen LogP contribution in [0.3, 0.4) is 0 Å². The van der Waals surface area contributed by atoms with Crippen molar-refractivity contribution in [2.24, 2.45) is 11.8 Å². The van der Waals surface area contributed by atoms with Gasteiger partial charge >= 0.3 is 0 Å². The topological polar surface area (TPSA) is 20.2 Å². The molecule has 0 aromatic heterocycles. The molecule has 0 saturated heterocycles. The first-order valence-electron chi connectivity index (χ1n) is 6.41. The first kappa shape index (κ1) is 12.0. The van der Waals surface area contributed by atoms with Gasteiger partial charge in [-0.1, -0.05) is 52.9 Å². The Bertz CT molecular complexity index is 153. The maximum absolute atomic E-state index is 10.8. The molecule has 0 spiro atoms. The fourth-order valence-electron chi connectivity index (χ4n) is 3.34. The molecule has 0 aromatic carbocycles. The Labute approximate surface area is 88.9 Å². The number of rotatable bonds is 4. The van der Waals surface area contributed by atoms with Gasteiger partial charge in [-0.05, 0) is 24.7 Å². The van der Waals surface area contributed by atoms with Gasteiger partial charge < -0.3 is 5.11 Å². The van der Waals surface area contributed by atoms with Crippen LogP contribution in [0.2, 0.25) is 0 Å². The highest BCUT2D eigenvalue weighted by Crippen LogP contribution is 2.43. The van der Waals surface area contributed by atoms with Gasteiger partial charge in [-0.2, -0.15) is 0 Å². The third-order valence-electron chi connectivity index (χ3n) is 4.27. The minimum absolute atomic E-state index is 0.337. The molecule has 0 heterocycles. The highest BCUT2D eigenvalue weighted by atomic mass is 16.3. The van der Waals surface area contributed by atoms with Crippen LogP contribution >= 0.6 is 0 Å². The van der Waals surface area contributed by atoms with Gasteiger partial charge in [0.15, 0.2) is 0 Å². The fraction of sp³-hybridized carbons (Fsp3) is 1.00. The second-order valence-electron chi connectivity index (χ2n) is 4.86. The van der Waals surface area contributed by atoms with Crippen LogP contribution in [0.4, 0.5) is 0 Å². The molecule has 0 amide bonds. The zero-order chi connectivity index (χ0) is 10.6. The molecule has 1 aliphatic carbocycles. The third-order valence-corrected chi connectivity index (χ3v) is 4.27. The summed E-state index contributed by atoms with van der Waals surface area (Å²) in [6.45, 7) is 6.66. The molecule has 1 saturated carbocycles. The first-order chi connectivity index (χ1) is 6.69. The Hall–Kier alpha value is -0.0400. The number of hydrogen-bond acceptors (Lipinski definition) is 1. The van der Waals surface area contributed by atoms with E-state index in [0.29, 0.717) is 11.8 Å². The summed E-state index contributed by atoms with van der Waals surface area (Å²) < 4.78 is 0. The maximum Gasteiger partial charge on any atom is 0.0703 e.